The zero-order valence-corrected chi connectivity index (χ0v) is 14.3. The second kappa shape index (κ2) is 6.99. The van der Waals surface area contributed by atoms with Crippen LogP contribution in [-0.2, 0) is 4.79 Å². The van der Waals surface area contributed by atoms with Crippen molar-refractivity contribution >= 4 is 24.0 Å². The van der Waals surface area contributed by atoms with E-state index in [1.54, 1.807) is 0 Å². The number of benzene rings is 1. The lowest BCUT2D eigenvalue weighted by molar-refractivity contribution is -0.117. The van der Waals surface area contributed by atoms with E-state index in [1.807, 2.05) is 19.9 Å². The average Bonchev–Trinajstić information content (AvgIpc) is 3.05. The van der Waals surface area contributed by atoms with Crippen molar-refractivity contribution in [2.75, 3.05) is 38.0 Å². The highest BCUT2D eigenvalue weighted by Gasteiger charge is 2.40. The van der Waals surface area contributed by atoms with Crippen molar-refractivity contribution in [1.82, 2.24) is 10.2 Å². The van der Waals surface area contributed by atoms with E-state index < -0.39 is 0 Å². The fraction of sp³-hybridized carbons (Fsp3) is 0.588. The Morgan fingerprint density at radius 1 is 1.36 bits per heavy atom. The maximum Gasteiger partial charge on any atom is 0.238 e. The third-order valence-corrected chi connectivity index (χ3v) is 4.88. The van der Waals surface area contributed by atoms with Crippen LogP contribution in [0.15, 0.2) is 18.2 Å². The minimum absolute atomic E-state index is 0. The second-order valence-corrected chi connectivity index (χ2v) is 6.75. The van der Waals surface area contributed by atoms with E-state index in [2.05, 4.69) is 27.7 Å². The summed E-state index contributed by atoms with van der Waals surface area (Å²) in [7, 11) is 0. The van der Waals surface area contributed by atoms with Gasteiger partial charge >= 0.3 is 0 Å². The predicted octanol–water partition coefficient (Wildman–Crippen LogP) is 2.35. The van der Waals surface area contributed by atoms with Gasteiger partial charge in [-0.15, -0.1) is 12.4 Å². The van der Waals surface area contributed by atoms with Gasteiger partial charge in [-0.3, -0.25) is 9.69 Å². The van der Waals surface area contributed by atoms with E-state index in [9.17, 15) is 4.79 Å². The molecular weight excluding hydrogens is 298 g/mol. The summed E-state index contributed by atoms with van der Waals surface area (Å²) in [6.45, 7) is 8.93. The zero-order valence-electron chi connectivity index (χ0n) is 13.4. The molecule has 2 saturated heterocycles. The van der Waals surface area contributed by atoms with Crippen LogP contribution in [0.3, 0.4) is 0 Å². The summed E-state index contributed by atoms with van der Waals surface area (Å²) in [5.74, 6) is 0.103. The zero-order chi connectivity index (χ0) is 14.9. The maximum atomic E-state index is 12.3. The molecule has 1 aromatic carbocycles. The third-order valence-electron chi connectivity index (χ3n) is 4.88. The summed E-state index contributed by atoms with van der Waals surface area (Å²) >= 11 is 0. The quantitative estimate of drug-likeness (QED) is 0.897. The lowest BCUT2D eigenvalue weighted by atomic mass is 9.87. The number of anilines is 1. The van der Waals surface area contributed by atoms with Crippen molar-refractivity contribution in [3.63, 3.8) is 0 Å². The molecule has 5 heteroatoms. The van der Waals surface area contributed by atoms with Gasteiger partial charge in [0.25, 0.3) is 0 Å². The molecule has 2 aliphatic rings. The molecule has 0 aliphatic carbocycles. The Kier molecular flexibility index (Phi) is 5.48. The molecule has 122 valence electrons. The molecule has 2 aliphatic heterocycles. The smallest absolute Gasteiger partial charge is 0.238 e. The molecule has 2 fully saturated rings. The normalized spacial score (nSPS) is 24.5. The molecule has 3 rings (SSSR count). The standard InChI is InChI=1S/C17H25N3O.ClH/c1-13-3-4-14(2)15(9-13)19-16(21)10-20-8-6-17(12-20)5-7-18-11-17;/h3-4,9,18H,5-8,10-12H2,1-2H3,(H,19,21);1H. The Labute approximate surface area is 139 Å². The number of nitrogens with one attached hydrogen (secondary N) is 2. The molecule has 4 nitrogen and oxygen atoms in total. The minimum Gasteiger partial charge on any atom is -0.325 e. The fourth-order valence-electron chi connectivity index (χ4n) is 3.57. The largest absolute Gasteiger partial charge is 0.325 e. The number of carbonyl (C=O) groups is 1. The van der Waals surface area contributed by atoms with Gasteiger partial charge in [0, 0.05) is 18.8 Å². The first-order valence-electron chi connectivity index (χ1n) is 7.87. The van der Waals surface area contributed by atoms with Crippen molar-refractivity contribution in [3.05, 3.63) is 29.3 Å². The molecule has 22 heavy (non-hydrogen) atoms. The van der Waals surface area contributed by atoms with Crippen molar-refractivity contribution in [2.45, 2.75) is 26.7 Å². The number of carbonyl (C=O) groups excluding carboxylic acids is 1. The first-order chi connectivity index (χ1) is 10.1. The minimum atomic E-state index is 0. The number of halogens is 1. The van der Waals surface area contributed by atoms with Gasteiger partial charge in [-0.2, -0.15) is 0 Å². The van der Waals surface area contributed by atoms with Gasteiger partial charge in [-0.1, -0.05) is 12.1 Å². The number of hydrogen-bond donors (Lipinski definition) is 2. The molecule has 1 unspecified atom stereocenters. The second-order valence-electron chi connectivity index (χ2n) is 6.75. The van der Waals surface area contributed by atoms with Crippen LogP contribution in [0.25, 0.3) is 0 Å². The number of aryl methyl sites for hydroxylation is 2. The van der Waals surface area contributed by atoms with Gasteiger partial charge in [0.2, 0.25) is 5.91 Å². The van der Waals surface area contributed by atoms with E-state index in [0.717, 1.165) is 37.4 Å². The third kappa shape index (κ3) is 3.80. The highest BCUT2D eigenvalue weighted by molar-refractivity contribution is 5.93. The average molecular weight is 324 g/mol. The molecular formula is C17H26ClN3O. The van der Waals surface area contributed by atoms with E-state index in [1.165, 1.54) is 18.4 Å². The highest BCUT2D eigenvalue weighted by Crippen LogP contribution is 2.35. The summed E-state index contributed by atoms with van der Waals surface area (Å²) in [4.78, 5) is 14.6. The molecule has 2 N–H and O–H groups in total. The van der Waals surface area contributed by atoms with Gasteiger partial charge in [0.05, 0.1) is 6.54 Å². The van der Waals surface area contributed by atoms with Crippen LogP contribution in [0.4, 0.5) is 5.69 Å². The first kappa shape index (κ1) is 17.3. The molecule has 2 heterocycles. The van der Waals surface area contributed by atoms with E-state index in [-0.39, 0.29) is 18.3 Å². The van der Waals surface area contributed by atoms with Crippen LogP contribution in [0.5, 0.6) is 0 Å². The first-order valence-corrected chi connectivity index (χ1v) is 7.87. The van der Waals surface area contributed by atoms with Crippen molar-refractivity contribution < 1.29 is 4.79 Å². The van der Waals surface area contributed by atoms with Crippen molar-refractivity contribution in [3.8, 4) is 0 Å². The molecule has 0 bridgehead atoms. The lowest BCUT2D eigenvalue weighted by Crippen LogP contribution is -2.34. The number of rotatable bonds is 3. The van der Waals surface area contributed by atoms with E-state index >= 15 is 0 Å². The molecule has 1 aromatic rings. The molecule has 0 aromatic heterocycles. The van der Waals surface area contributed by atoms with Crippen LogP contribution in [-0.4, -0.2) is 43.5 Å². The molecule has 1 spiro atoms. The van der Waals surface area contributed by atoms with Gasteiger partial charge in [-0.25, -0.2) is 0 Å². The van der Waals surface area contributed by atoms with Gasteiger partial charge < -0.3 is 10.6 Å². The molecule has 0 radical (unpaired) electrons. The Morgan fingerprint density at radius 2 is 2.18 bits per heavy atom. The molecule has 0 saturated carbocycles. The van der Waals surface area contributed by atoms with Crippen LogP contribution >= 0.6 is 12.4 Å². The predicted molar refractivity (Wildman–Crippen MR) is 92.8 cm³/mol. The Balaban J connectivity index is 0.00000176. The Bertz CT molecular complexity index is 541. The Morgan fingerprint density at radius 3 is 2.91 bits per heavy atom. The van der Waals surface area contributed by atoms with Gasteiger partial charge in [0.1, 0.15) is 0 Å². The molecule has 1 amide bonds. The summed E-state index contributed by atoms with van der Waals surface area (Å²) in [6.07, 6.45) is 2.47. The summed E-state index contributed by atoms with van der Waals surface area (Å²) < 4.78 is 0. The number of hydrogen-bond acceptors (Lipinski definition) is 3. The summed E-state index contributed by atoms with van der Waals surface area (Å²) in [6, 6.07) is 6.17. The van der Waals surface area contributed by atoms with E-state index in [4.69, 9.17) is 0 Å². The maximum absolute atomic E-state index is 12.3. The highest BCUT2D eigenvalue weighted by atomic mass is 35.5. The summed E-state index contributed by atoms with van der Waals surface area (Å²) in [5, 5.41) is 6.52. The SMILES string of the molecule is Cc1ccc(C)c(NC(=O)CN2CCC3(CCNC3)C2)c1.Cl. The number of amides is 1. The monoisotopic (exact) mass is 323 g/mol. The number of likely N-dealkylation sites (tertiary alicyclic amines) is 1. The van der Waals surface area contributed by atoms with Crippen LogP contribution in [0.2, 0.25) is 0 Å². The van der Waals surface area contributed by atoms with Crippen LogP contribution in [0, 0.1) is 19.3 Å². The number of nitrogens with zero attached hydrogens (tertiary/aromatic N) is 1. The van der Waals surface area contributed by atoms with Crippen molar-refractivity contribution in [2.24, 2.45) is 5.41 Å². The lowest BCUT2D eigenvalue weighted by Gasteiger charge is -2.22. The fourth-order valence-corrected chi connectivity index (χ4v) is 3.57. The van der Waals surface area contributed by atoms with Gasteiger partial charge in [-0.05, 0) is 62.4 Å². The Hall–Kier alpha value is -1.10. The van der Waals surface area contributed by atoms with Gasteiger partial charge in [0.15, 0.2) is 0 Å². The molecule has 1 atom stereocenters. The van der Waals surface area contributed by atoms with Crippen LogP contribution < -0.4 is 10.6 Å². The van der Waals surface area contributed by atoms with E-state index in [0.29, 0.717) is 12.0 Å². The topological polar surface area (TPSA) is 44.4 Å². The summed E-state index contributed by atoms with van der Waals surface area (Å²) in [5.41, 5.74) is 3.66. The van der Waals surface area contributed by atoms with Crippen molar-refractivity contribution in [1.29, 1.82) is 0 Å². The van der Waals surface area contributed by atoms with Crippen LogP contribution in [0.1, 0.15) is 24.0 Å².